The monoisotopic (exact) mass is 303 g/mol. The van der Waals surface area contributed by atoms with Gasteiger partial charge >= 0.3 is 5.97 Å². The lowest BCUT2D eigenvalue weighted by atomic mass is 10.2. The Morgan fingerprint density at radius 2 is 1.71 bits per heavy atom. The second-order valence-corrected chi connectivity index (χ2v) is 5.45. The van der Waals surface area contributed by atoms with Crippen molar-refractivity contribution in [1.29, 1.82) is 0 Å². The van der Waals surface area contributed by atoms with Crippen molar-refractivity contribution in [3.8, 4) is 0 Å². The van der Waals surface area contributed by atoms with Gasteiger partial charge in [-0.05, 0) is 55.8 Å². The van der Waals surface area contributed by atoms with Gasteiger partial charge in [0.05, 0.1) is 11.7 Å². The summed E-state index contributed by atoms with van der Waals surface area (Å²) in [6, 6.07) is 14.9. The van der Waals surface area contributed by atoms with Crippen molar-refractivity contribution in [2.24, 2.45) is 0 Å². The number of carbonyl (C=O) groups is 1. The highest BCUT2D eigenvalue weighted by molar-refractivity contribution is 6.30. The molecule has 2 aromatic carbocycles. The zero-order valence-corrected chi connectivity index (χ0v) is 12.9. The maximum atomic E-state index is 11.7. The number of halogens is 1. The Morgan fingerprint density at radius 3 is 2.29 bits per heavy atom. The molecule has 3 nitrogen and oxygen atoms in total. The molecule has 0 unspecified atom stereocenters. The van der Waals surface area contributed by atoms with Gasteiger partial charge in [0.1, 0.15) is 0 Å². The van der Waals surface area contributed by atoms with Crippen LogP contribution >= 0.6 is 11.6 Å². The highest BCUT2D eigenvalue weighted by atomic mass is 35.5. The third-order valence-corrected chi connectivity index (χ3v) is 3.13. The largest absolute Gasteiger partial charge is 0.459 e. The highest BCUT2D eigenvalue weighted by Gasteiger charge is 2.08. The lowest BCUT2D eigenvalue weighted by Crippen LogP contribution is -2.11. The second-order valence-electron chi connectivity index (χ2n) is 5.01. The zero-order valence-electron chi connectivity index (χ0n) is 12.1. The summed E-state index contributed by atoms with van der Waals surface area (Å²) in [6.45, 7) is 4.37. The Morgan fingerprint density at radius 1 is 1.10 bits per heavy atom. The minimum atomic E-state index is -0.297. The zero-order chi connectivity index (χ0) is 15.2. The van der Waals surface area contributed by atoms with E-state index in [-0.39, 0.29) is 12.1 Å². The fourth-order valence-electron chi connectivity index (χ4n) is 1.81. The van der Waals surface area contributed by atoms with Gasteiger partial charge in [0, 0.05) is 17.3 Å². The number of ether oxygens (including phenoxy) is 1. The van der Waals surface area contributed by atoms with Crippen molar-refractivity contribution in [3.63, 3.8) is 0 Å². The molecule has 2 aromatic rings. The molecule has 0 aliphatic heterocycles. The first-order chi connectivity index (χ1) is 10.0. The smallest absolute Gasteiger partial charge is 0.338 e. The molecule has 21 heavy (non-hydrogen) atoms. The third-order valence-electron chi connectivity index (χ3n) is 2.87. The van der Waals surface area contributed by atoms with E-state index in [2.05, 4.69) is 5.32 Å². The predicted octanol–water partition coefficient (Wildman–Crippen LogP) is 4.52. The number of rotatable bonds is 5. The molecule has 0 radical (unpaired) electrons. The number of anilines is 1. The molecule has 2 rings (SSSR count). The highest BCUT2D eigenvalue weighted by Crippen LogP contribution is 2.14. The maximum absolute atomic E-state index is 11.7. The average molecular weight is 304 g/mol. The number of benzene rings is 2. The maximum Gasteiger partial charge on any atom is 0.338 e. The minimum absolute atomic E-state index is 0.111. The van der Waals surface area contributed by atoms with Crippen molar-refractivity contribution >= 4 is 23.3 Å². The van der Waals surface area contributed by atoms with Crippen LogP contribution in [0.1, 0.15) is 29.8 Å². The predicted molar refractivity (Wildman–Crippen MR) is 85.8 cm³/mol. The van der Waals surface area contributed by atoms with Gasteiger partial charge in [-0.25, -0.2) is 4.79 Å². The fraction of sp³-hybridized carbons (Fsp3) is 0.235. The van der Waals surface area contributed by atoms with Crippen molar-refractivity contribution in [3.05, 3.63) is 64.7 Å². The molecular weight excluding hydrogens is 286 g/mol. The van der Waals surface area contributed by atoms with Crippen molar-refractivity contribution in [1.82, 2.24) is 0 Å². The lowest BCUT2D eigenvalue weighted by Gasteiger charge is -2.09. The van der Waals surface area contributed by atoms with E-state index < -0.39 is 0 Å². The summed E-state index contributed by atoms with van der Waals surface area (Å²) in [7, 11) is 0. The Hall–Kier alpha value is -2.00. The van der Waals surface area contributed by atoms with Crippen LogP contribution in [0.15, 0.2) is 48.5 Å². The summed E-state index contributed by atoms with van der Waals surface area (Å²) in [6.07, 6.45) is -0.111. The van der Waals surface area contributed by atoms with Crippen LogP contribution in [0.5, 0.6) is 0 Å². The van der Waals surface area contributed by atoms with Crippen LogP contribution < -0.4 is 5.32 Å². The molecule has 0 spiro atoms. The Balaban J connectivity index is 1.93. The molecule has 0 fully saturated rings. The van der Waals surface area contributed by atoms with Crippen molar-refractivity contribution in [2.75, 3.05) is 5.32 Å². The number of nitrogens with one attached hydrogen (secondary N) is 1. The second kappa shape index (κ2) is 7.14. The van der Waals surface area contributed by atoms with Crippen LogP contribution in [0.3, 0.4) is 0 Å². The first-order valence-electron chi connectivity index (χ1n) is 6.84. The number of esters is 1. The molecule has 0 bridgehead atoms. The van der Waals surface area contributed by atoms with Crippen molar-refractivity contribution < 1.29 is 9.53 Å². The van der Waals surface area contributed by atoms with E-state index in [9.17, 15) is 4.79 Å². The van der Waals surface area contributed by atoms with Crippen molar-refractivity contribution in [2.45, 2.75) is 26.5 Å². The Bertz CT molecular complexity index is 591. The van der Waals surface area contributed by atoms with Crippen LogP contribution in [-0.4, -0.2) is 12.1 Å². The SMILES string of the molecule is CC(C)OC(=O)c1ccc(NCc2ccc(Cl)cc2)cc1. The van der Waals surface area contributed by atoms with Gasteiger partial charge in [0.25, 0.3) is 0 Å². The van der Waals surface area contributed by atoms with Gasteiger partial charge in [-0.15, -0.1) is 0 Å². The van der Waals surface area contributed by atoms with E-state index in [1.54, 1.807) is 12.1 Å². The van der Waals surface area contributed by atoms with Gasteiger partial charge in [0.2, 0.25) is 0 Å². The Labute approximate surface area is 129 Å². The molecule has 110 valence electrons. The van der Waals surface area contributed by atoms with E-state index >= 15 is 0 Å². The summed E-state index contributed by atoms with van der Waals surface area (Å²) >= 11 is 5.85. The molecule has 0 atom stereocenters. The summed E-state index contributed by atoms with van der Waals surface area (Å²) in [4.78, 5) is 11.7. The van der Waals surface area contributed by atoms with Crippen LogP contribution in [0.25, 0.3) is 0 Å². The third kappa shape index (κ3) is 4.80. The first kappa shape index (κ1) is 15.4. The molecule has 0 aliphatic carbocycles. The molecule has 0 heterocycles. The van der Waals surface area contributed by atoms with Gasteiger partial charge in [-0.1, -0.05) is 23.7 Å². The molecule has 0 aliphatic rings. The summed E-state index contributed by atoms with van der Waals surface area (Å²) < 4.78 is 5.14. The molecule has 0 amide bonds. The standard InChI is InChI=1S/C17H18ClNO2/c1-12(2)21-17(20)14-5-9-16(10-6-14)19-11-13-3-7-15(18)8-4-13/h3-10,12,19H,11H2,1-2H3. The molecule has 0 saturated heterocycles. The average Bonchev–Trinajstić information content (AvgIpc) is 2.46. The minimum Gasteiger partial charge on any atom is -0.459 e. The number of hydrogen-bond acceptors (Lipinski definition) is 3. The normalized spacial score (nSPS) is 10.5. The summed E-state index contributed by atoms with van der Waals surface area (Å²) in [5, 5.41) is 4.02. The molecule has 4 heteroatoms. The van der Waals surface area contributed by atoms with Crippen LogP contribution in [0.2, 0.25) is 5.02 Å². The van der Waals surface area contributed by atoms with Gasteiger partial charge in [-0.3, -0.25) is 0 Å². The van der Waals surface area contributed by atoms with E-state index in [1.165, 1.54) is 0 Å². The van der Waals surface area contributed by atoms with Gasteiger partial charge < -0.3 is 10.1 Å². The van der Waals surface area contributed by atoms with Gasteiger partial charge in [-0.2, -0.15) is 0 Å². The molecule has 0 aromatic heterocycles. The molecule has 1 N–H and O–H groups in total. The van der Waals surface area contributed by atoms with E-state index in [0.717, 1.165) is 16.3 Å². The lowest BCUT2D eigenvalue weighted by molar-refractivity contribution is 0.0378. The number of carbonyl (C=O) groups excluding carboxylic acids is 1. The van der Waals surface area contributed by atoms with Crippen LogP contribution in [0.4, 0.5) is 5.69 Å². The van der Waals surface area contributed by atoms with Crippen LogP contribution in [-0.2, 0) is 11.3 Å². The summed E-state index contributed by atoms with van der Waals surface area (Å²) in [5.41, 5.74) is 2.65. The fourth-order valence-corrected chi connectivity index (χ4v) is 1.94. The molecular formula is C17H18ClNO2. The summed E-state index contributed by atoms with van der Waals surface area (Å²) in [5.74, 6) is -0.297. The first-order valence-corrected chi connectivity index (χ1v) is 7.22. The van der Waals surface area contributed by atoms with Gasteiger partial charge in [0.15, 0.2) is 0 Å². The number of hydrogen-bond donors (Lipinski definition) is 1. The quantitative estimate of drug-likeness (QED) is 0.825. The van der Waals surface area contributed by atoms with E-state index in [0.29, 0.717) is 12.1 Å². The topological polar surface area (TPSA) is 38.3 Å². The Kier molecular flexibility index (Phi) is 5.23. The van der Waals surface area contributed by atoms with E-state index in [1.807, 2.05) is 50.2 Å². The van der Waals surface area contributed by atoms with Crippen LogP contribution in [0, 0.1) is 0 Å². The molecule has 0 saturated carbocycles. The van der Waals surface area contributed by atoms with E-state index in [4.69, 9.17) is 16.3 Å².